The van der Waals surface area contributed by atoms with E-state index in [1.807, 2.05) is 0 Å². The molecule has 5 nitrogen and oxygen atoms in total. The van der Waals surface area contributed by atoms with Gasteiger partial charge >= 0.3 is 5.97 Å². The highest BCUT2D eigenvalue weighted by molar-refractivity contribution is 5.94. The quantitative estimate of drug-likeness (QED) is 0.582. The molecule has 0 unspecified atom stereocenters. The van der Waals surface area contributed by atoms with Crippen LogP contribution in [0.2, 0.25) is 0 Å². The van der Waals surface area contributed by atoms with E-state index in [4.69, 9.17) is 5.73 Å². The largest absolute Gasteiger partial charge is 0.465 e. The Bertz CT molecular complexity index is 432. The second kappa shape index (κ2) is 8.26. The number of rotatable bonds is 7. The number of hydrogen-bond acceptors (Lipinski definition) is 4. The molecule has 0 radical (unpaired) electrons. The van der Waals surface area contributed by atoms with Gasteiger partial charge in [0.25, 0.3) is 0 Å². The van der Waals surface area contributed by atoms with E-state index in [0.29, 0.717) is 24.2 Å². The van der Waals surface area contributed by atoms with Gasteiger partial charge in [-0.25, -0.2) is 4.79 Å². The third-order valence-electron chi connectivity index (χ3n) is 2.68. The molecule has 0 fully saturated rings. The van der Waals surface area contributed by atoms with Crippen molar-refractivity contribution in [2.75, 3.05) is 19.0 Å². The number of benzene rings is 1. The van der Waals surface area contributed by atoms with E-state index >= 15 is 0 Å². The zero-order valence-electron chi connectivity index (χ0n) is 11.1. The summed E-state index contributed by atoms with van der Waals surface area (Å²) in [7, 11) is 1.32. The fourth-order valence-electron chi connectivity index (χ4n) is 1.67. The third kappa shape index (κ3) is 5.52. The average Bonchev–Trinajstić information content (AvgIpc) is 2.43. The van der Waals surface area contributed by atoms with E-state index in [2.05, 4.69) is 10.1 Å². The minimum atomic E-state index is -0.418. The Morgan fingerprint density at radius 1 is 1.26 bits per heavy atom. The molecule has 0 aromatic heterocycles. The molecule has 1 rings (SSSR count). The number of nitrogens with one attached hydrogen (secondary N) is 1. The molecule has 104 valence electrons. The smallest absolute Gasteiger partial charge is 0.337 e. The van der Waals surface area contributed by atoms with Crippen molar-refractivity contribution in [3.63, 3.8) is 0 Å². The number of anilines is 1. The Morgan fingerprint density at radius 3 is 2.74 bits per heavy atom. The molecule has 1 aromatic carbocycles. The summed E-state index contributed by atoms with van der Waals surface area (Å²) in [6, 6.07) is 6.69. The van der Waals surface area contributed by atoms with Gasteiger partial charge in [-0.15, -0.1) is 0 Å². The van der Waals surface area contributed by atoms with Crippen LogP contribution in [0.5, 0.6) is 0 Å². The van der Waals surface area contributed by atoms with Crippen molar-refractivity contribution in [3.05, 3.63) is 29.8 Å². The van der Waals surface area contributed by atoms with Crippen molar-refractivity contribution >= 4 is 17.6 Å². The molecule has 1 aromatic rings. The number of nitrogens with two attached hydrogens (primary N) is 1. The first-order valence-corrected chi connectivity index (χ1v) is 6.35. The lowest BCUT2D eigenvalue weighted by atomic mass is 10.1. The highest BCUT2D eigenvalue weighted by Crippen LogP contribution is 2.12. The summed E-state index contributed by atoms with van der Waals surface area (Å²) < 4.78 is 4.62. The van der Waals surface area contributed by atoms with Crippen molar-refractivity contribution < 1.29 is 14.3 Å². The number of methoxy groups -OCH3 is 1. The maximum Gasteiger partial charge on any atom is 0.337 e. The lowest BCUT2D eigenvalue weighted by molar-refractivity contribution is -0.116. The Balaban J connectivity index is 2.48. The number of carbonyl (C=O) groups is 2. The molecule has 0 spiro atoms. The predicted octanol–water partition coefficient (Wildman–Crippen LogP) is 1.93. The Hall–Kier alpha value is -1.88. The van der Waals surface area contributed by atoms with E-state index in [9.17, 15) is 9.59 Å². The highest BCUT2D eigenvalue weighted by atomic mass is 16.5. The number of hydrogen-bond donors (Lipinski definition) is 2. The summed E-state index contributed by atoms with van der Waals surface area (Å²) in [5, 5.41) is 2.76. The lowest BCUT2D eigenvalue weighted by Gasteiger charge is -2.06. The van der Waals surface area contributed by atoms with Crippen LogP contribution in [0.25, 0.3) is 0 Å². The number of amides is 1. The summed E-state index contributed by atoms with van der Waals surface area (Å²) in [6.45, 7) is 0.656. The Kier molecular flexibility index (Phi) is 6.60. The molecule has 0 aliphatic rings. The number of unbranched alkanes of at least 4 members (excludes halogenated alkanes) is 2. The van der Waals surface area contributed by atoms with Crippen LogP contribution in [0, 0.1) is 0 Å². The molecule has 3 N–H and O–H groups in total. The van der Waals surface area contributed by atoms with E-state index in [0.717, 1.165) is 19.3 Å². The highest BCUT2D eigenvalue weighted by Gasteiger charge is 2.07. The summed E-state index contributed by atoms with van der Waals surface area (Å²) >= 11 is 0. The summed E-state index contributed by atoms with van der Waals surface area (Å²) in [6.07, 6.45) is 3.17. The minimum absolute atomic E-state index is 0.0564. The molecule has 19 heavy (non-hydrogen) atoms. The van der Waals surface area contributed by atoms with Gasteiger partial charge in [-0.3, -0.25) is 4.79 Å². The maximum atomic E-state index is 11.7. The predicted molar refractivity (Wildman–Crippen MR) is 73.9 cm³/mol. The van der Waals surface area contributed by atoms with Gasteiger partial charge in [-0.2, -0.15) is 0 Å². The van der Waals surface area contributed by atoms with Crippen LogP contribution in [0.15, 0.2) is 24.3 Å². The fourth-order valence-corrected chi connectivity index (χ4v) is 1.67. The van der Waals surface area contributed by atoms with E-state index in [-0.39, 0.29) is 5.91 Å². The zero-order valence-corrected chi connectivity index (χ0v) is 11.1. The molecular weight excluding hydrogens is 244 g/mol. The van der Waals surface area contributed by atoms with Crippen LogP contribution in [-0.4, -0.2) is 25.5 Å². The third-order valence-corrected chi connectivity index (χ3v) is 2.68. The van der Waals surface area contributed by atoms with E-state index in [1.165, 1.54) is 7.11 Å². The molecule has 1 amide bonds. The molecule has 0 atom stereocenters. The summed E-state index contributed by atoms with van der Waals surface area (Å²) in [5.41, 5.74) is 6.41. The number of carbonyl (C=O) groups excluding carboxylic acids is 2. The molecule has 5 heteroatoms. The molecular formula is C14H20N2O3. The fraction of sp³-hybridized carbons (Fsp3) is 0.429. The van der Waals surface area contributed by atoms with Crippen LogP contribution in [0.3, 0.4) is 0 Å². The molecule has 0 aliphatic carbocycles. The van der Waals surface area contributed by atoms with Gasteiger partial charge in [0.2, 0.25) is 5.91 Å². The van der Waals surface area contributed by atoms with Crippen LogP contribution >= 0.6 is 0 Å². The molecule has 0 saturated carbocycles. The standard InChI is InChI=1S/C14H20N2O3/c1-19-14(18)11-6-5-7-12(10-11)16-13(17)8-3-2-4-9-15/h5-7,10H,2-4,8-9,15H2,1H3,(H,16,17). The molecule has 0 aliphatic heterocycles. The van der Waals surface area contributed by atoms with Gasteiger partial charge < -0.3 is 15.8 Å². The molecule has 0 heterocycles. The van der Waals surface area contributed by atoms with Gasteiger partial charge in [-0.05, 0) is 37.6 Å². The molecule has 0 bridgehead atoms. The first-order chi connectivity index (χ1) is 9.17. The van der Waals surface area contributed by atoms with E-state index in [1.54, 1.807) is 24.3 Å². The topological polar surface area (TPSA) is 81.4 Å². The zero-order chi connectivity index (χ0) is 14.1. The van der Waals surface area contributed by atoms with E-state index < -0.39 is 5.97 Å². The van der Waals surface area contributed by atoms with Crippen molar-refractivity contribution in [3.8, 4) is 0 Å². The number of esters is 1. The van der Waals surface area contributed by atoms with Crippen molar-refractivity contribution in [2.45, 2.75) is 25.7 Å². The van der Waals surface area contributed by atoms with Gasteiger partial charge in [0, 0.05) is 12.1 Å². The van der Waals surface area contributed by atoms with Gasteiger partial charge in [0.05, 0.1) is 12.7 Å². The van der Waals surface area contributed by atoms with Crippen molar-refractivity contribution in [2.24, 2.45) is 5.73 Å². The monoisotopic (exact) mass is 264 g/mol. The first-order valence-electron chi connectivity index (χ1n) is 6.35. The first kappa shape index (κ1) is 15.2. The summed E-state index contributed by atoms with van der Waals surface area (Å²) in [4.78, 5) is 23.0. The Morgan fingerprint density at radius 2 is 2.05 bits per heavy atom. The van der Waals surface area contributed by atoms with Crippen molar-refractivity contribution in [1.29, 1.82) is 0 Å². The van der Waals surface area contributed by atoms with Gasteiger partial charge in [-0.1, -0.05) is 12.5 Å². The normalized spacial score (nSPS) is 10.0. The van der Waals surface area contributed by atoms with Gasteiger partial charge in [0.1, 0.15) is 0 Å². The minimum Gasteiger partial charge on any atom is -0.465 e. The second-order valence-corrected chi connectivity index (χ2v) is 4.22. The van der Waals surface area contributed by atoms with Crippen LogP contribution in [0.4, 0.5) is 5.69 Å². The summed E-state index contributed by atoms with van der Waals surface area (Å²) in [5.74, 6) is -0.474. The average molecular weight is 264 g/mol. The lowest BCUT2D eigenvalue weighted by Crippen LogP contribution is -2.12. The van der Waals surface area contributed by atoms with Gasteiger partial charge in [0.15, 0.2) is 0 Å². The maximum absolute atomic E-state index is 11.7. The second-order valence-electron chi connectivity index (χ2n) is 4.22. The van der Waals surface area contributed by atoms with Crippen LogP contribution in [-0.2, 0) is 9.53 Å². The van der Waals surface area contributed by atoms with Crippen LogP contribution in [0.1, 0.15) is 36.0 Å². The van der Waals surface area contributed by atoms with Crippen molar-refractivity contribution in [1.82, 2.24) is 0 Å². The molecule has 0 saturated heterocycles. The SMILES string of the molecule is COC(=O)c1cccc(NC(=O)CCCCCN)c1. The Labute approximate surface area is 113 Å². The number of ether oxygens (including phenoxy) is 1. The van der Waals surface area contributed by atoms with Crippen LogP contribution < -0.4 is 11.1 Å².